The Morgan fingerprint density at radius 3 is 2.80 bits per heavy atom. The Hall–Kier alpha value is -2.08. The molecular weight excluding hydrogens is 256 g/mol. The number of rotatable bonds is 7. The summed E-state index contributed by atoms with van der Waals surface area (Å²) < 4.78 is 10.5. The molecule has 0 aromatic carbocycles. The Morgan fingerprint density at radius 2 is 2.15 bits per heavy atom. The van der Waals surface area contributed by atoms with E-state index >= 15 is 0 Å². The molecule has 0 amide bonds. The van der Waals surface area contributed by atoms with Gasteiger partial charge in [0.05, 0.1) is 12.3 Å². The van der Waals surface area contributed by atoms with Gasteiger partial charge in [0.25, 0.3) is 0 Å². The first kappa shape index (κ1) is 14.3. The average molecular weight is 276 g/mol. The summed E-state index contributed by atoms with van der Waals surface area (Å²) in [7, 11) is 1.63. The van der Waals surface area contributed by atoms with Crippen molar-refractivity contribution >= 4 is 11.6 Å². The van der Waals surface area contributed by atoms with E-state index in [4.69, 9.17) is 9.15 Å². The van der Waals surface area contributed by atoms with Gasteiger partial charge < -0.3 is 19.8 Å². The van der Waals surface area contributed by atoms with Crippen molar-refractivity contribution in [3.8, 4) is 0 Å². The smallest absolute Gasteiger partial charge is 0.158 e. The lowest BCUT2D eigenvalue weighted by Gasteiger charge is -2.14. The van der Waals surface area contributed by atoms with E-state index in [9.17, 15) is 0 Å². The van der Waals surface area contributed by atoms with E-state index in [-0.39, 0.29) is 6.04 Å². The quantitative estimate of drug-likeness (QED) is 0.810. The van der Waals surface area contributed by atoms with Gasteiger partial charge in [0.1, 0.15) is 24.0 Å². The van der Waals surface area contributed by atoms with Gasteiger partial charge in [0.2, 0.25) is 0 Å². The summed E-state index contributed by atoms with van der Waals surface area (Å²) >= 11 is 0. The minimum absolute atomic E-state index is 0.0322. The molecule has 2 aromatic heterocycles. The second-order valence-electron chi connectivity index (χ2n) is 4.40. The Labute approximate surface area is 118 Å². The third-order valence-corrected chi connectivity index (χ3v) is 2.74. The maximum atomic E-state index is 5.38. The zero-order valence-electron chi connectivity index (χ0n) is 12.0. The molecule has 0 radical (unpaired) electrons. The molecule has 2 rings (SSSR count). The maximum Gasteiger partial charge on any atom is 0.158 e. The van der Waals surface area contributed by atoms with Crippen LogP contribution in [-0.4, -0.2) is 23.6 Å². The summed E-state index contributed by atoms with van der Waals surface area (Å²) in [5.41, 5.74) is 0. The maximum absolute atomic E-state index is 5.38. The van der Waals surface area contributed by atoms with E-state index < -0.39 is 0 Å². The molecule has 1 unspecified atom stereocenters. The molecule has 0 saturated carbocycles. The summed E-state index contributed by atoms with van der Waals surface area (Å²) in [4.78, 5) is 8.80. The highest BCUT2D eigenvalue weighted by Gasteiger charge is 2.11. The van der Waals surface area contributed by atoms with Crippen molar-refractivity contribution in [2.24, 2.45) is 0 Å². The molecule has 0 aliphatic carbocycles. The van der Waals surface area contributed by atoms with Gasteiger partial charge in [-0.3, -0.25) is 0 Å². The highest BCUT2D eigenvalue weighted by molar-refractivity contribution is 5.48. The third kappa shape index (κ3) is 3.71. The number of methoxy groups -OCH3 is 1. The predicted octanol–water partition coefficient (Wildman–Crippen LogP) is 2.82. The van der Waals surface area contributed by atoms with Gasteiger partial charge in [-0.05, 0) is 26.0 Å². The minimum atomic E-state index is 0.0322. The predicted molar refractivity (Wildman–Crippen MR) is 77.7 cm³/mol. The zero-order chi connectivity index (χ0) is 14.4. The molecule has 0 aliphatic rings. The Morgan fingerprint density at radius 1 is 1.35 bits per heavy atom. The number of hydrogen-bond donors (Lipinski definition) is 2. The van der Waals surface area contributed by atoms with Gasteiger partial charge in [-0.25, -0.2) is 9.97 Å². The molecule has 6 heteroatoms. The molecule has 0 spiro atoms. The number of nitrogens with one attached hydrogen (secondary N) is 2. The third-order valence-electron chi connectivity index (χ3n) is 2.74. The first-order valence-electron chi connectivity index (χ1n) is 6.63. The molecule has 0 saturated heterocycles. The SMILES string of the molecule is CCNc1cc(NC(C)c2ccco2)nc(COC)n1. The lowest BCUT2D eigenvalue weighted by Crippen LogP contribution is -2.11. The summed E-state index contributed by atoms with van der Waals surface area (Å²) in [5.74, 6) is 3.03. The van der Waals surface area contributed by atoms with E-state index in [0.29, 0.717) is 12.4 Å². The molecule has 2 aromatic rings. The summed E-state index contributed by atoms with van der Waals surface area (Å²) in [6.07, 6.45) is 1.66. The Balaban J connectivity index is 2.16. The lowest BCUT2D eigenvalue weighted by molar-refractivity contribution is 0.178. The van der Waals surface area contributed by atoms with Crippen LogP contribution < -0.4 is 10.6 Å². The molecule has 2 N–H and O–H groups in total. The van der Waals surface area contributed by atoms with Crippen LogP contribution in [0.1, 0.15) is 31.5 Å². The largest absolute Gasteiger partial charge is 0.467 e. The summed E-state index contributed by atoms with van der Waals surface area (Å²) in [6.45, 7) is 5.22. The van der Waals surface area contributed by atoms with E-state index in [1.54, 1.807) is 13.4 Å². The molecule has 0 aliphatic heterocycles. The van der Waals surface area contributed by atoms with Crippen molar-refractivity contribution in [3.05, 3.63) is 36.0 Å². The summed E-state index contributed by atoms with van der Waals surface area (Å²) in [5, 5.41) is 6.49. The fourth-order valence-electron chi connectivity index (χ4n) is 1.87. The normalized spacial score (nSPS) is 12.2. The Kier molecular flexibility index (Phi) is 4.95. The van der Waals surface area contributed by atoms with E-state index in [2.05, 4.69) is 20.6 Å². The van der Waals surface area contributed by atoms with Crippen LogP contribution in [0.5, 0.6) is 0 Å². The van der Waals surface area contributed by atoms with Crippen LogP contribution in [0.15, 0.2) is 28.9 Å². The van der Waals surface area contributed by atoms with Gasteiger partial charge in [-0.15, -0.1) is 0 Å². The molecule has 2 heterocycles. The second-order valence-corrected chi connectivity index (χ2v) is 4.40. The number of nitrogens with zero attached hydrogens (tertiary/aromatic N) is 2. The van der Waals surface area contributed by atoms with Crippen LogP contribution in [0.4, 0.5) is 11.6 Å². The first-order chi connectivity index (χ1) is 9.72. The van der Waals surface area contributed by atoms with Crippen LogP contribution in [-0.2, 0) is 11.3 Å². The number of anilines is 2. The topological polar surface area (TPSA) is 72.2 Å². The van der Waals surface area contributed by atoms with Gasteiger partial charge >= 0.3 is 0 Å². The molecule has 108 valence electrons. The van der Waals surface area contributed by atoms with E-state index in [1.165, 1.54) is 0 Å². The fraction of sp³-hybridized carbons (Fsp3) is 0.429. The van der Waals surface area contributed by atoms with Crippen molar-refractivity contribution in [2.45, 2.75) is 26.5 Å². The monoisotopic (exact) mass is 276 g/mol. The van der Waals surface area contributed by atoms with Crippen molar-refractivity contribution in [1.29, 1.82) is 0 Å². The van der Waals surface area contributed by atoms with Crippen LogP contribution in [0.25, 0.3) is 0 Å². The number of hydrogen-bond acceptors (Lipinski definition) is 6. The molecule has 6 nitrogen and oxygen atoms in total. The van der Waals surface area contributed by atoms with Crippen molar-refractivity contribution in [1.82, 2.24) is 9.97 Å². The highest BCUT2D eigenvalue weighted by atomic mass is 16.5. The van der Waals surface area contributed by atoms with E-state index in [1.807, 2.05) is 32.0 Å². The van der Waals surface area contributed by atoms with Crippen molar-refractivity contribution in [2.75, 3.05) is 24.3 Å². The number of furan rings is 1. The van der Waals surface area contributed by atoms with Crippen molar-refractivity contribution < 1.29 is 9.15 Å². The van der Waals surface area contributed by atoms with Gasteiger partial charge in [-0.2, -0.15) is 0 Å². The molecule has 0 fully saturated rings. The molecule has 1 atom stereocenters. The zero-order valence-corrected chi connectivity index (χ0v) is 12.0. The second kappa shape index (κ2) is 6.91. The number of ether oxygens (including phenoxy) is 1. The standard InChI is InChI=1S/C14H20N4O2/c1-4-15-12-8-13(18-14(17-12)9-19-3)16-10(2)11-6-5-7-20-11/h5-8,10H,4,9H2,1-3H3,(H2,15,16,17,18). The molecule has 20 heavy (non-hydrogen) atoms. The number of aromatic nitrogens is 2. The first-order valence-corrected chi connectivity index (χ1v) is 6.63. The minimum Gasteiger partial charge on any atom is -0.467 e. The van der Waals surface area contributed by atoms with Crippen LogP contribution >= 0.6 is 0 Å². The summed E-state index contributed by atoms with van der Waals surface area (Å²) in [6, 6.07) is 5.71. The highest BCUT2D eigenvalue weighted by Crippen LogP contribution is 2.20. The Bertz CT molecular complexity index is 504. The van der Waals surface area contributed by atoms with Gasteiger partial charge in [-0.1, -0.05) is 0 Å². The van der Waals surface area contributed by atoms with Crippen molar-refractivity contribution in [3.63, 3.8) is 0 Å². The lowest BCUT2D eigenvalue weighted by atomic mass is 10.2. The van der Waals surface area contributed by atoms with Gasteiger partial charge in [0.15, 0.2) is 5.82 Å². The average Bonchev–Trinajstić information content (AvgIpc) is 2.93. The fourth-order valence-corrected chi connectivity index (χ4v) is 1.87. The van der Waals surface area contributed by atoms with Crippen LogP contribution in [0, 0.1) is 0 Å². The van der Waals surface area contributed by atoms with Gasteiger partial charge in [0, 0.05) is 19.7 Å². The van der Waals surface area contributed by atoms with E-state index in [0.717, 1.165) is 23.9 Å². The molecule has 0 bridgehead atoms. The molecular formula is C14H20N4O2. The van der Waals surface area contributed by atoms with Crippen LogP contribution in [0.3, 0.4) is 0 Å². The van der Waals surface area contributed by atoms with Crippen LogP contribution in [0.2, 0.25) is 0 Å².